The van der Waals surface area contributed by atoms with E-state index in [4.69, 9.17) is 5.73 Å². The van der Waals surface area contributed by atoms with Gasteiger partial charge in [-0.1, -0.05) is 18.2 Å². The van der Waals surface area contributed by atoms with E-state index in [0.29, 0.717) is 11.3 Å². The molecule has 7 heteroatoms. The van der Waals surface area contributed by atoms with Crippen molar-refractivity contribution in [3.05, 3.63) is 36.0 Å². The molecule has 0 saturated carbocycles. The van der Waals surface area contributed by atoms with Gasteiger partial charge in [0.1, 0.15) is 11.5 Å². The van der Waals surface area contributed by atoms with Crippen LogP contribution < -0.4 is 5.73 Å². The third kappa shape index (κ3) is 1.44. The van der Waals surface area contributed by atoms with Crippen molar-refractivity contribution in [1.29, 1.82) is 0 Å². The number of nitrogens with one attached hydrogen (secondary N) is 1. The molecule has 5 nitrogen and oxygen atoms in total. The molecule has 18 heavy (non-hydrogen) atoms. The molecule has 2 aromatic heterocycles. The molecule has 3 rings (SSSR count). The number of hydrogen-bond donors (Lipinski definition) is 2. The van der Waals surface area contributed by atoms with Crippen LogP contribution >= 0.6 is 0 Å². The Kier molecular flexibility index (Phi) is 2.26. The second kappa shape index (κ2) is 3.80. The van der Waals surface area contributed by atoms with Crippen LogP contribution in [0.5, 0.6) is 0 Å². The van der Waals surface area contributed by atoms with Crippen LogP contribution in [0.1, 0.15) is 12.1 Å². The number of benzene rings is 1. The number of nitrogen functional groups attached to an aromatic ring is 1. The number of nitrogens with two attached hydrogens (primary N) is 1. The molecule has 0 aliphatic heterocycles. The fourth-order valence-electron chi connectivity index (χ4n) is 1.86. The van der Waals surface area contributed by atoms with Crippen molar-refractivity contribution in [3.63, 3.8) is 0 Å². The average Bonchev–Trinajstić information content (AvgIpc) is 2.92. The first-order valence-electron chi connectivity index (χ1n) is 5.24. The minimum Gasteiger partial charge on any atom is -0.383 e. The standard InChI is InChI=1S/C11H9F2N5/c12-9(13)8-7-10(14)15-16-11(7)18(17-8)6-4-2-1-3-5-6/h1-5,9H,(H3,14,15,16). The molecule has 0 aliphatic carbocycles. The summed E-state index contributed by atoms with van der Waals surface area (Å²) in [6.07, 6.45) is -2.70. The Bertz CT molecular complexity index is 686. The smallest absolute Gasteiger partial charge is 0.282 e. The minimum absolute atomic E-state index is 0.0995. The van der Waals surface area contributed by atoms with Crippen LogP contribution in [0.3, 0.4) is 0 Å². The van der Waals surface area contributed by atoms with E-state index in [0.717, 1.165) is 0 Å². The van der Waals surface area contributed by atoms with Gasteiger partial charge in [-0.25, -0.2) is 13.5 Å². The van der Waals surface area contributed by atoms with E-state index in [1.807, 2.05) is 6.07 Å². The first-order valence-corrected chi connectivity index (χ1v) is 5.24. The number of alkyl halides is 2. The van der Waals surface area contributed by atoms with Gasteiger partial charge in [-0.2, -0.15) is 10.2 Å². The van der Waals surface area contributed by atoms with E-state index in [1.54, 1.807) is 24.3 Å². The van der Waals surface area contributed by atoms with Gasteiger partial charge in [-0.15, -0.1) is 0 Å². The molecule has 3 aromatic rings. The summed E-state index contributed by atoms with van der Waals surface area (Å²) in [5, 5.41) is 10.5. The van der Waals surface area contributed by atoms with Gasteiger partial charge in [0.25, 0.3) is 6.43 Å². The van der Waals surface area contributed by atoms with Crippen molar-refractivity contribution in [2.75, 3.05) is 5.73 Å². The predicted octanol–water partition coefficient (Wildman–Crippen LogP) is 2.27. The molecule has 0 saturated heterocycles. The number of anilines is 1. The van der Waals surface area contributed by atoms with Crippen LogP contribution in [0, 0.1) is 0 Å². The summed E-state index contributed by atoms with van der Waals surface area (Å²) in [5.41, 5.74) is 6.19. The first kappa shape index (κ1) is 10.7. The molecular formula is C11H9F2N5. The molecule has 92 valence electrons. The summed E-state index contributed by atoms with van der Waals surface area (Å²) in [6.45, 7) is 0. The molecule has 0 atom stereocenters. The second-order valence-corrected chi connectivity index (χ2v) is 3.77. The average molecular weight is 249 g/mol. The van der Waals surface area contributed by atoms with Gasteiger partial charge in [0.15, 0.2) is 5.65 Å². The number of aromatic nitrogens is 4. The van der Waals surface area contributed by atoms with Gasteiger partial charge in [-0.3, -0.25) is 5.10 Å². The van der Waals surface area contributed by atoms with E-state index >= 15 is 0 Å². The highest BCUT2D eigenvalue weighted by Gasteiger charge is 2.23. The fourth-order valence-corrected chi connectivity index (χ4v) is 1.86. The molecule has 3 N–H and O–H groups in total. The van der Waals surface area contributed by atoms with Crippen molar-refractivity contribution in [2.45, 2.75) is 6.43 Å². The molecule has 0 radical (unpaired) electrons. The van der Waals surface area contributed by atoms with Crippen molar-refractivity contribution in [3.8, 4) is 5.69 Å². The Balaban J connectivity index is 2.31. The van der Waals surface area contributed by atoms with Gasteiger partial charge >= 0.3 is 0 Å². The molecule has 0 bridgehead atoms. The minimum atomic E-state index is -2.70. The number of fused-ring (bicyclic) bond motifs is 1. The lowest BCUT2D eigenvalue weighted by Gasteiger charge is -2.00. The summed E-state index contributed by atoms with van der Waals surface area (Å²) in [5.74, 6) is 0.0995. The Morgan fingerprint density at radius 1 is 1.22 bits per heavy atom. The molecule has 2 heterocycles. The third-order valence-electron chi connectivity index (χ3n) is 2.65. The number of H-pyrrole nitrogens is 1. The lowest BCUT2D eigenvalue weighted by atomic mass is 10.3. The first-order chi connectivity index (χ1) is 8.68. The normalized spacial score (nSPS) is 11.5. The van der Waals surface area contributed by atoms with E-state index in [1.165, 1.54) is 4.68 Å². The Labute approximate surface area is 100 Å². The summed E-state index contributed by atoms with van der Waals surface area (Å²) in [7, 11) is 0. The Hall–Kier alpha value is -2.44. The van der Waals surface area contributed by atoms with Crippen LogP contribution in [0.25, 0.3) is 16.7 Å². The number of hydrogen-bond acceptors (Lipinski definition) is 3. The van der Waals surface area contributed by atoms with Crippen molar-refractivity contribution in [1.82, 2.24) is 20.0 Å². The van der Waals surface area contributed by atoms with Crippen LogP contribution in [-0.2, 0) is 0 Å². The summed E-state index contributed by atoms with van der Waals surface area (Å²) in [6, 6.07) is 8.93. The van der Waals surface area contributed by atoms with E-state index < -0.39 is 6.43 Å². The Morgan fingerprint density at radius 3 is 2.61 bits per heavy atom. The molecule has 0 unspecified atom stereocenters. The number of aromatic amines is 1. The van der Waals surface area contributed by atoms with E-state index in [9.17, 15) is 8.78 Å². The molecule has 0 amide bonds. The van der Waals surface area contributed by atoms with E-state index in [-0.39, 0.29) is 16.9 Å². The zero-order valence-corrected chi connectivity index (χ0v) is 9.14. The maximum atomic E-state index is 12.9. The number of rotatable bonds is 2. The number of halogens is 2. The summed E-state index contributed by atoms with van der Waals surface area (Å²) in [4.78, 5) is 0. The third-order valence-corrected chi connectivity index (χ3v) is 2.65. The molecule has 0 aliphatic rings. The summed E-state index contributed by atoms with van der Waals surface area (Å²) >= 11 is 0. The van der Waals surface area contributed by atoms with Crippen LogP contribution in [-0.4, -0.2) is 20.0 Å². The van der Waals surface area contributed by atoms with E-state index in [2.05, 4.69) is 15.3 Å². The maximum Gasteiger partial charge on any atom is 0.282 e. The maximum absolute atomic E-state index is 12.9. The highest BCUT2D eigenvalue weighted by Crippen LogP contribution is 2.30. The van der Waals surface area contributed by atoms with Crippen molar-refractivity contribution >= 4 is 16.9 Å². The molecule has 0 spiro atoms. The number of para-hydroxylation sites is 1. The van der Waals surface area contributed by atoms with Crippen LogP contribution in [0.15, 0.2) is 30.3 Å². The summed E-state index contributed by atoms with van der Waals surface area (Å²) < 4.78 is 27.2. The Morgan fingerprint density at radius 2 is 1.94 bits per heavy atom. The zero-order valence-electron chi connectivity index (χ0n) is 9.14. The van der Waals surface area contributed by atoms with Gasteiger partial charge < -0.3 is 5.73 Å². The molecule has 1 aromatic carbocycles. The zero-order chi connectivity index (χ0) is 12.7. The second-order valence-electron chi connectivity index (χ2n) is 3.77. The van der Waals surface area contributed by atoms with Crippen LogP contribution in [0.4, 0.5) is 14.6 Å². The SMILES string of the molecule is Nc1[nH]nc2c1c(C(F)F)nn2-c1ccccc1. The lowest BCUT2D eigenvalue weighted by Crippen LogP contribution is -1.98. The van der Waals surface area contributed by atoms with Gasteiger partial charge in [-0.05, 0) is 12.1 Å². The molecular weight excluding hydrogens is 240 g/mol. The largest absolute Gasteiger partial charge is 0.383 e. The molecule has 0 fully saturated rings. The predicted molar refractivity (Wildman–Crippen MR) is 62.6 cm³/mol. The quantitative estimate of drug-likeness (QED) is 0.731. The van der Waals surface area contributed by atoms with Gasteiger partial charge in [0.05, 0.1) is 11.1 Å². The highest BCUT2D eigenvalue weighted by atomic mass is 19.3. The monoisotopic (exact) mass is 249 g/mol. The lowest BCUT2D eigenvalue weighted by molar-refractivity contribution is 0.147. The highest BCUT2D eigenvalue weighted by molar-refractivity contribution is 5.90. The topological polar surface area (TPSA) is 72.5 Å². The fraction of sp³-hybridized carbons (Fsp3) is 0.0909. The van der Waals surface area contributed by atoms with Crippen LogP contribution in [0.2, 0.25) is 0 Å². The number of nitrogens with zero attached hydrogens (tertiary/aromatic N) is 3. The van der Waals surface area contributed by atoms with Gasteiger partial charge in [0, 0.05) is 0 Å². The van der Waals surface area contributed by atoms with Crippen molar-refractivity contribution < 1.29 is 8.78 Å². The van der Waals surface area contributed by atoms with Crippen molar-refractivity contribution in [2.24, 2.45) is 0 Å². The van der Waals surface area contributed by atoms with Gasteiger partial charge in [0.2, 0.25) is 0 Å².